The molecule has 0 bridgehead atoms. The van der Waals surface area contributed by atoms with Crippen LogP contribution < -0.4 is 0 Å². The standard InChI is InChI=1S/C26H29ClN2O5/c1-5-6-11-21-28-24(27)22(23(32-2)19-9-7-8-10-20(19)26(31)34-4)29(21)16-17-12-14-18(15-13-17)25(30)33-3/h7-10,12-15,23H,5-6,11,16H2,1-4H3. The summed E-state index contributed by atoms with van der Waals surface area (Å²) in [6.45, 7) is 2.59. The molecule has 8 heteroatoms. The van der Waals surface area contributed by atoms with E-state index >= 15 is 0 Å². The largest absolute Gasteiger partial charge is 0.465 e. The van der Waals surface area contributed by atoms with Crippen LogP contribution in [0.2, 0.25) is 5.15 Å². The Labute approximate surface area is 204 Å². The molecule has 0 aliphatic rings. The van der Waals surface area contributed by atoms with E-state index in [1.165, 1.54) is 14.2 Å². The third-order valence-corrected chi connectivity index (χ3v) is 5.92. The molecule has 0 amide bonds. The number of hydrogen-bond acceptors (Lipinski definition) is 6. The number of methoxy groups -OCH3 is 3. The highest BCUT2D eigenvalue weighted by Gasteiger charge is 2.28. The van der Waals surface area contributed by atoms with Crippen molar-refractivity contribution in [1.82, 2.24) is 9.55 Å². The summed E-state index contributed by atoms with van der Waals surface area (Å²) in [6, 6.07) is 14.3. The maximum atomic E-state index is 12.4. The van der Waals surface area contributed by atoms with Gasteiger partial charge in [-0.25, -0.2) is 14.6 Å². The molecule has 7 nitrogen and oxygen atoms in total. The van der Waals surface area contributed by atoms with Gasteiger partial charge in [0.1, 0.15) is 11.9 Å². The molecule has 0 aliphatic heterocycles. The van der Waals surface area contributed by atoms with E-state index < -0.39 is 12.1 Å². The molecule has 1 unspecified atom stereocenters. The van der Waals surface area contributed by atoms with Gasteiger partial charge in [-0.15, -0.1) is 0 Å². The highest BCUT2D eigenvalue weighted by atomic mass is 35.5. The number of esters is 2. The summed E-state index contributed by atoms with van der Waals surface area (Å²) in [5.74, 6) is -0.0126. The van der Waals surface area contributed by atoms with Crippen molar-refractivity contribution in [2.45, 2.75) is 38.8 Å². The van der Waals surface area contributed by atoms with E-state index in [2.05, 4.69) is 11.9 Å². The van der Waals surface area contributed by atoms with Crippen LogP contribution in [0, 0.1) is 0 Å². The molecular weight excluding hydrogens is 456 g/mol. The predicted octanol–water partition coefficient (Wildman–Crippen LogP) is 5.24. The average Bonchev–Trinajstić information content (AvgIpc) is 3.17. The van der Waals surface area contributed by atoms with E-state index in [0.717, 1.165) is 30.7 Å². The molecule has 1 heterocycles. The van der Waals surface area contributed by atoms with Crippen molar-refractivity contribution >= 4 is 23.5 Å². The fraction of sp³-hybridized carbons (Fsp3) is 0.346. The Bertz CT molecular complexity index is 1140. The third-order valence-electron chi connectivity index (χ3n) is 5.64. The Morgan fingerprint density at radius 1 is 1.00 bits per heavy atom. The average molecular weight is 485 g/mol. The van der Waals surface area contributed by atoms with E-state index in [1.54, 1.807) is 31.4 Å². The molecule has 0 N–H and O–H groups in total. The lowest BCUT2D eigenvalue weighted by atomic mass is 10.00. The molecule has 180 valence electrons. The Hall–Kier alpha value is -3.16. The van der Waals surface area contributed by atoms with Crippen molar-refractivity contribution in [3.63, 3.8) is 0 Å². The fourth-order valence-electron chi connectivity index (χ4n) is 3.89. The van der Waals surface area contributed by atoms with Crippen LogP contribution in [0.25, 0.3) is 0 Å². The SMILES string of the molecule is CCCCc1nc(Cl)c(C(OC)c2ccccc2C(=O)OC)n1Cc1ccc(C(=O)OC)cc1. The second-order valence-electron chi connectivity index (χ2n) is 7.78. The number of unbranched alkanes of at least 4 members (excludes halogenated alkanes) is 1. The van der Waals surface area contributed by atoms with Gasteiger partial charge in [-0.2, -0.15) is 0 Å². The van der Waals surface area contributed by atoms with Gasteiger partial charge in [0.05, 0.1) is 31.0 Å². The first kappa shape index (κ1) is 25.5. The first-order valence-corrected chi connectivity index (χ1v) is 11.4. The summed E-state index contributed by atoms with van der Waals surface area (Å²) in [5.41, 5.74) is 3.13. The van der Waals surface area contributed by atoms with Gasteiger partial charge >= 0.3 is 11.9 Å². The Morgan fingerprint density at radius 2 is 1.68 bits per heavy atom. The molecule has 0 saturated heterocycles. The molecule has 0 spiro atoms. The van der Waals surface area contributed by atoms with Gasteiger partial charge in [-0.3, -0.25) is 0 Å². The van der Waals surface area contributed by atoms with Crippen molar-refractivity contribution in [1.29, 1.82) is 0 Å². The van der Waals surface area contributed by atoms with Crippen LogP contribution in [0.4, 0.5) is 0 Å². The van der Waals surface area contributed by atoms with Crippen LogP contribution >= 0.6 is 11.6 Å². The maximum Gasteiger partial charge on any atom is 0.338 e. The van der Waals surface area contributed by atoms with Crippen LogP contribution in [0.1, 0.15) is 69.2 Å². The zero-order valence-corrected chi connectivity index (χ0v) is 20.6. The maximum absolute atomic E-state index is 12.4. The van der Waals surface area contributed by atoms with Crippen LogP contribution in [-0.2, 0) is 27.2 Å². The number of aromatic nitrogens is 2. The molecule has 0 aliphatic carbocycles. The van der Waals surface area contributed by atoms with Gasteiger partial charge in [0.2, 0.25) is 0 Å². The Balaban J connectivity index is 2.09. The molecule has 0 radical (unpaired) electrons. The van der Waals surface area contributed by atoms with E-state index in [0.29, 0.717) is 34.1 Å². The predicted molar refractivity (Wildman–Crippen MR) is 129 cm³/mol. The van der Waals surface area contributed by atoms with E-state index in [1.807, 2.05) is 28.8 Å². The molecule has 2 aromatic carbocycles. The molecule has 0 fully saturated rings. The number of aryl methyl sites for hydroxylation is 1. The van der Waals surface area contributed by atoms with Crippen molar-refractivity contribution < 1.29 is 23.8 Å². The van der Waals surface area contributed by atoms with Gasteiger partial charge < -0.3 is 18.8 Å². The monoisotopic (exact) mass is 484 g/mol. The first-order chi connectivity index (χ1) is 16.4. The zero-order chi connectivity index (χ0) is 24.7. The molecule has 1 aromatic heterocycles. The van der Waals surface area contributed by atoms with E-state index in [4.69, 9.17) is 25.8 Å². The van der Waals surface area contributed by atoms with Crippen LogP contribution in [0.15, 0.2) is 48.5 Å². The Morgan fingerprint density at radius 3 is 2.29 bits per heavy atom. The van der Waals surface area contributed by atoms with E-state index in [-0.39, 0.29) is 5.97 Å². The minimum atomic E-state index is -0.639. The van der Waals surface area contributed by atoms with Crippen molar-refractivity contribution in [2.24, 2.45) is 0 Å². The minimum absolute atomic E-state index is 0.323. The second kappa shape index (κ2) is 11.8. The van der Waals surface area contributed by atoms with Gasteiger partial charge in [0, 0.05) is 25.6 Å². The highest BCUT2D eigenvalue weighted by molar-refractivity contribution is 6.30. The van der Waals surface area contributed by atoms with Crippen LogP contribution in [0.3, 0.4) is 0 Å². The highest BCUT2D eigenvalue weighted by Crippen LogP contribution is 2.34. The van der Waals surface area contributed by atoms with E-state index in [9.17, 15) is 9.59 Å². The lowest BCUT2D eigenvalue weighted by Crippen LogP contribution is -2.17. The summed E-state index contributed by atoms with van der Waals surface area (Å²) in [6.07, 6.45) is 2.06. The lowest BCUT2D eigenvalue weighted by molar-refractivity contribution is 0.0586. The summed E-state index contributed by atoms with van der Waals surface area (Å²) >= 11 is 6.68. The second-order valence-corrected chi connectivity index (χ2v) is 8.13. The Kier molecular flexibility index (Phi) is 8.85. The normalized spacial score (nSPS) is 11.8. The number of nitrogens with zero attached hydrogens (tertiary/aromatic N) is 2. The molecule has 0 saturated carbocycles. The zero-order valence-electron chi connectivity index (χ0n) is 19.8. The quantitative estimate of drug-likeness (QED) is 0.366. The number of imidazole rings is 1. The summed E-state index contributed by atoms with van der Waals surface area (Å²) in [4.78, 5) is 28.9. The number of rotatable bonds is 10. The van der Waals surface area contributed by atoms with Gasteiger partial charge in [0.15, 0.2) is 5.15 Å². The number of carbonyl (C=O) groups excluding carboxylic acids is 2. The van der Waals surface area contributed by atoms with Crippen molar-refractivity contribution in [2.75, 3.05) is 21.3 Å². The number of halogens is 1. The fourth-order valence-corrected chi connectivity index (χ4v) is 4.19. The third kappa shape index (κ3) is 5.48. The topological polar surface area (TPSA) is 79.7 Å². The van der Waals surface area contributed by atoms with Gasteiger partial charge in [-0.05, 0) is 30.2 Å². The lowest BCUT2D eigenvalue weighted by Gasteiger charge is -2.22. The number of carbonyl (C=O) groups is 2. The number of benzene rings is 2. The number of ether oxygens (including phenoxy) is 3. The minimum Gasteiger partial charge on any atom is -0.465 e. The first-order valence-electron chi connectivity index (χ1n) is 11.1. The van der Waals surface area contributed by atoms with Gasteiger partial charge in [0.25, 0.3) is 0 Å². The molecule has 3 aromatic rings. The van der Waals surface area contributed by atoms with Crippen LogP contribution in [0.5, 0.6) is 0 Å². The van der Waals surface area contributed by atoms with Crippen LogP contribution in [-0.4, -0.2) is 42.8 Å². The van der Waals surface area contributed by atoms with Crippen molar-refractivity contribution in [3.05, 3.63) is 87.5 Å². The summed E-state index contributed by atoms with van der Waals surface area (Å²) < 4.78 is 17.7. The smallest absolute Gasteiger partial charge is 0.338 e. The van der Waals surface area contributed by atoms with Gasteiger partial charge in [-0.1, -0.05) is 55.3 Å². The van der Waals surface area contributed by atoms with Crippen molar-refractivity contribution in [3.8, 4) is 0 Å². The number of hydrogen-bond donors (Lipinski definition) is 0. The molecule has 1 atom stereocenters. The molecule has 3 rings (SSSR count). The summed E-state index contributed by atoms with van der Waals surface area (Å²) in [5, 5.41) is 0.323. The molecular formula is C26H29ClN2O5. The molecule has 34 heavy (non-hydrogen) atoms. The summed E-state index contributed by atoms with van der Waals surface area (Å²) in [7, 11) is 4.27.